The number of ether oxygens (including phenoxy) is 1. The first kappa shape index (κ1) is 19.4. The molecule has 0 aromatic heterocycles. The Balaban J connectivity index is 0.00000264. The van der Waals surface area contributed by atoms with Crippen LogP contribution in [0.15, 0.2) is 24.3 Å². The fraction of sp³-hybridized carbons (Fsp3) is 0.500. The van der Waals surface area contributed by atoms with Gasteiger partial charge >= 0.3 is 0 Å². The third-order valence-corrected chi connectivity index (χ3v) is 3.30. The molecule has 1 aromatic rings. The molecule has 1 aromatic carbocycles. The summed E-state index contributed by atoms with van der Waals surface area (Å²) in [6.07, 6.45) is 0.320. The number of carbonyl (C=O) groups is 2. The highest BCUT2D eigenvalue weighted by Crippen LogP contribution is 2.16. The van der Waals surface area contributed by atoms with E-state index >= 15 is 0 Å². The number of para-hydroxylation sites is 1. The van der Waals surface area contributed by atoms with E-state index in [1.54, 1.807) is 24.3 Å². The predicted octanol–water partition coefficient (Wildman–Crippen LogP) is 1.56. The highest BCUT2D eigenvalue weighted by Gasteiger charge is 2.18. The lowest BCUT2D eigenvalue weighted by atomic mass is 10.1. The zero-order chi connectivity index (χ0) is 15.9. The minimum atomic E-state index is -0.190. The third kappa shape index (κ3) is 6.17. The second-order valence-electron chi connectivity index (χ2n) is 5.65. The highest BCUT2D eigenvalue weighted by atomic mass is 35.5. The number of hydrogen-bond acceptors (Lipinski definition) is 4. The number of rotatable bonds is 5. The number of benzene rings is 1. The van der Waals surface area contributed by atoms with Crippen LogP contribution in [0, 0.1) is 0 Å². The van der Waals surface area contributed by atoms with E-state index < -0.39 is 0 Å². The van der Waals surface area contributed by atoms with E-state index in [1.807, 2.05) is 13.8 Å². The van der Waals surface area contributed by atoms with Gasteiger partial charge in [0.1, 0.15) is 0 Å². The summed E-state index contributed by atoms with van der Waals surface area (Å²) in [5.74, 6) is -0.321. The third-order valence-electron chi connectivity index (χ3n) is 3.30. The molecule has 2 amide bonds. The summed E-state index contributed by atoms with van der Waals surface area (Å²) in [7, 11) is 0. The Bertz CT molecular complexity index is 531. The molecule has 128 valence electrons. The maximum atomic E-state index is 12.2. The van der Waals surface area contributed by atoms with Gasteiger partial charge in [0.05, 0.1) is 24.5 Å². The van der Waals surface area contributed by atoms with Gasteiger partial charge in [-0.25, -0.2) is 0 Å². The molecule has 23 heavy (non-hydrogen) atoms. The molecule has 0 saturated carbocycles. The van der Waals surface area contributed by atoms with Crippen molar-refractivity contribution < 1.29 is 14.3 Å². The first-order chi connectivity index (χ1) is 10.6. The molecule has 7 heteroatoms. The smallest absolute Gasteiger partial charge is 0.253 e. The molecule has 1 atom stereocenters. The number of amides is 2. The highest BCUT2D eigenvalue weighted by molar-refractivity contribution is 6.03. The lowest BCUT2D eigenvalue weighted by Crippen LogP contribution is -2.43. The van der Waals surface area contributed by atoms with Gasteiger partial charge in [0.25, 0.3) is 5.91 Å². The summed E-state index contributed by atoms with van der Waals surface area (Å²) >= 11 is 0. The molecule has 0 aliphatic carbocycles. The van der Waals surface area contributed by atoms with Crippen LogP contribution < -0.4 is 16.0 Å². The van der Waals surface area contributed by atoms with Crippen LogP contribution in [0.2, 0.25) is 0 Å². The standard InChI is InChI=1S/C16H23N3O3.ClH/c1-11(2)18-16(21)13-5-3-4-6-14(13)19-15(20)9-12-10-22-8-7-17-12;/h3-6,11-12,17H,7-10H2,1-2H3,(H,18,21)(H,19,20);1H. The van der Waals surface area contributed by atoms with Gasteiger partial charge in [0.15, 0.2) is 0 Å². The number of carbonyl (C=O) groups excluding carboxylic acids is 2. The summed E-state index contributed by atoms with van der Waals surface area (Å²) in [6.45, 7) is 5.76. The SMILES string of the molecule is CC(C)NC(=O)c1ccccc1NC(=O)CC1COCCN1.Cl. The van der Waals surface area contributed by atoms with Crippen molar-refractivity contribution in [2.24, 2.45) is 0 Å². The molecule has 2 rings (SSSR count). The molecule has 1 aliphatic rings. The van der Waals surface area contributed by atoms with Crippen LogP contribution in [-0.4, -0.2) is 43.7 Å². The molecule has 1 unspecified atom stereocenters. The van der Waals surface area contributed by atoms with Crippen molar-refractivity contribution in [2.45, 2.75) is 32.4 Å². The minimum Gasteiger partial charge on any atom is -0.378 e. The van der Waals surface area contributed by atoms with Crippen molar-refractivity contribution in [3.63, 3.8) is 0 Å². The lowest BCUT2D eigenvalue weighted by molar-refractivity contribution is -0.117. The summed E-state index contributed by atoms with van der Waals surface area (Å²) in [5, 5.41) is 8.88. The molecule has 1 heterocycles. The average Bonchev–Trinajstić information content (AvgIpc) is 2.48. The predicted molar refractivity (Wildman–Crippen MR) is 92.1 cm³/mol. The van der Waals surface area contributed by atoms with E-state index in [1.165, 1.54) is 0 Å². The van der Waals surface area contributed by atoms with E-state index in [0.717, 1.165) is 6.54 Å². The second kappa shape index (κ2) is 9.50. The zero-order valence-electron chi connectivity index (χ0n) is 13.4. The van der Waals surface area contributed by atoms with Crippen molar-refractivity contribution in [3.05, 3.63) is 29.8 Å². The molecule has 0 radical (unpaired) electrons. The summed E-state index contributed by atoms with van der Waals surface area (Å²) in [4.78, 5) is 24.3. The Kier molecular flexibility index (Phi) is 8.02. The zero-order valence-corrected chi connectivity index (χ0v) is 14.2. The minimum absolute atomic E-state index is 0. The van der Waals surface area contributed by atoms with Crippen molar-refractivity contribution in [2.75, 3.05) is 25.1 Å². The molecule has 0 spiro atoms. The van der Waals surface area contributed by atoms with Gasteiger partial charge in [-0.15, -0.1) is 12.4 Å². The molecule has 0 bridgehead atoms. The van der Waals surface area contributed by atoms with E-state index in [0.29, 0.717) is 30.9 Å². The van der Waals surface area contributed by atoms with E-state index in [4.69, 9.17) is 4.74 Å². The number of morpholine rings is 1. The van der Waals surface area contributed by atoms with E-state index in [9.17, 15) is 9.59 Å². The molecule has 3 N–H and O–H groups in total. The Morgan fingerprint density at radius 1 is 1.35 bits per heavy atom. The number of hydrogen-bond donors (Lipinski definition) is 3. The first-order valence-electron chi connectivity index (χ1n) is 7.57. The van der Waals surface area contributed by atoms with Crippen LogP contribution in [-0.2, 0) is 9.53 Å². The van der Waals surface area contributed by atoms with E-state index in [2.05, 4.69) is 16.0 Å². The van der Waals surface area contributed by atoms with Gasteiger partial charge in [-0.05, 0) is 26.0 Å². The van der Waals surface area contributed by atoms with Gasteiger partial charge in [-0.2, -0.15) is 0 Å². The lowest BCUT2D eigenvalue weighted by Gasteiger charge is -2.23. The van der Waals surface area contributed by atoms with Crippen molar-refractivity contribution >= 4 is 29.9 Å². The Morgan fingerprint density at radius 2 is 2.09 bits per heavy atom. The Labute approximate surface area is 142 Å². The fourth-order valence-electron chi connectivity index (χ4n) is 2.31. The molecule has 6 nitrogen and oxygen atoms in total. The maximum absolute atomic E-state index is 12.2. The summed E-state index contributed by atoms with van der Waals surface area (Å²) in [6, 6.07) is 7.07. The molecule has 1 fully saturated rings. The Morgan fingerprint density at radius 3 is 2.74 bits per heavy atom. The Hall–Kier alpha value is -1.63. The summed E-state index contributed by atoms with van der Waals surface area (Å²) < 4.78 is 5.33. The van der Waals surface area contributed by atoms with Crippen LogP contribution in [0.1, 0.15) is 30.6 Å². The van der Waals surface area contributed by atoms with Crippen molar-refractivity contribution in [1.29, 1.82) is 0 Å². The van der Waals surface area contributed by atoms with Gasteiger partial charge in [-0.3, -0.25) is 9.59 Å². The maximum Gasteiger partial charge on any atom is 0.253 e. The monoisotopic (exact) mass is 341 g/mol. The topological polar surface area (TPSA) is 79.5 Å². The molecule has 1 saturated heterocycles. The molecule has 1 aliphatic heterocycles. The van der Waals surface area contributed by atoms with E-state index in [-0.39, 0.29) is 36.3 Å². The second-order valence-corrected chi connectivity index (χ2v) is 5.65. The van der Waals surface area contributed by atoms with Crippen LogP contribution in [0.25, 0.3) is 0 Å². The fourth-order valence-corrected chi connectivity index (χ4v) is 2.31. The van der Waals surface area contributed by atoms with Crippen molar-refractivity contribution in [3.8, 4) is 0 Å². The summed E-state index contributed by atoms with van der Waals surface area (Å²) in [5.41, 5.74) is 1.000. The normalized spacial score (nSPS) is 17.3. The largest absolute Gasteiger partial charge is 0.378 e. The molecular weight excluding hydrogens is 318 g/mol. The average molecular weight is 342 g/mol. The number of nitrogens with one attached hydrogen (secondary N) is 3. The van der Waals surface area contributed by atoms with Crippen LogP contribution in [0.4, 0.5) is 5.69 Å². The van der Waals surface area contributed by atoms with Gasteiger partial charge in [-0.1, -0.05) is 12.1 Å². The number of halogens is 1. The van der Waals surface area contributed by atoms with Crippen LogP contribution >= 0.6 is 12.4 Å². The van der Waals surface area contributed by atoms with Gasteiger partial charge in [0, 0.05) is 25.0 Å². The molecular formula is C16H24ClN3O3. The van der Waals surface area contributed by atoms with Crippen LogP contribution in [0.3, 0.4) is 0 Å². The van der Waals surface area contributed by atoms with Gasteiger partial charge in [0.2, 0.25) is 5.91 Å². The number of anilines is 1. The van der Waals surface area contributed by atoms with Crippen LogP contribution in [0.5, 0.6) is 0 Å². The quantitative estimate of drug-likeness (QED) is 0.759. The van der Waals surface area contributed by atoms with Crippen molar-refractivity contribution in [1.82, 2.24) is 10.6 Å². The first-order valence-corrected chi connectivity index (χ1v) is 7.57. The van der Waals surface area contributed by atoms with Gasteiger partial charge < -0.3 is 20.7 Å².